The summed E-state index contributed by atoms with van der Waals surface area (Å²) in [7, 11) is 0. The lowest BCUT2D eigenvalue weighted by Gasteiger charge is -2.14. The molecule has 1 aromatic carbocycles. The number of carbonyl (C=O) groups is 4. The zero-order chi connectivity index (χ0) is 40.8. The molecule has 7 heterocycles. The number of nitrogens with zero attached hydrogens (tertiary/aromatic N) is 11. The molecule has 0 fully saturated rings. The summed E-state index contributed by atoms with van der Waals surface area (Å²) in [5.41, 5.74) is 14.9. The van der Waals surface area contributed by atoms with Crippen LogP contribution in [0.4, 0.5) is 11.9 Å². The quantitative estimate of drug-likeness (QED) is 0.135. The van der Waals surface area contributed by atoms with Gasteiger partial charge < -0.3 is 20.8 Å². The summed E-state index contributed by atoms with van der Waals surface area (Å²) in [5.74, 6) is -1.43. The van der Waals surface area contributed by atoms with Gasteiger partial charge in [-0.15, -0.1) is 4.68 Å². The molecule has 0 radical (unpaired) electrons. The number of allylic oxidation sites excluding steroid dienone is 2. The second-order valence-corrected chi connectivity index (χ2v) is 13.4. The molecule has 58 heavy (non-hydrogen) atoms. The number of amides is 4. The summed E-state index contributed by atoms with van der Waals surface area (Å²) in [6.45, 7) is 8.24. The van der Waals surface area contributed by atoms with E-state index in [2.05, 4.69) is 30.7 Å². The molecule has 0 spiro atoms. The van der Waals surface area contributed by atoms with Crippen molar-refractivity contribution in [3.05, 3.63) is 101 Å². The lowest BCUT2D eigenvalue weighted by atomic mass is 10.1. The third-order valence-corrected chi connectivity index (χ3v) is 9.68. The highest BCUT2D eigenvalue weighted by Crippen LogP contribution is 2.32. The number of anilines is 2. The fraction of sp³-hybridized carbons (Fsp3) is 0.237. The summed E-state index contributed by atoms with van der Waals surface area (Å²) in [4.78, 5) is 71.7. The number of primary amides is 2. The minimum atomic E-state index is -0.688. The first-order valence-corrected chi connectivity index (χ1v) is 18.3. The van der Waals surface area contributed by atoms with Crippen LogP contribution in [0.5, 0.6) is 5.75 Å². The monoisotopic (exact) mass is 784 g/mol. The van der Waals surface area contributed by atoms with Crippen LogP contribution in [-0.2, 0) is 32.8 Å². The first kappa shape index (κ1) is 37.2. The molecule has 7 aromatic rings. The molecule has 20 heteroatoms. The van der Waals surface area contributed by atoms with Crippen molar-refractivity contribution in [2.24, 2.45) is 11.5 Å². The van der Waals surface area contributed by atoms with Crippen LogP contribution in [-0.4, -0.2) is 72.3 Å². The molecule has 4 amide bonds. The van der Waals surface area contributed by atoms with E-state index in [4.69, 9.17) is 26.3 Å². The van der Waals surface area contributed by atoms with Gasteiger partial charge in [0.25, 0.3) is 11.7 Å². The highest BCUT2D eigenvalue weighted by molar-refractivity contribution is 6.06. The van der Waals surface area contributed by atoms with Crippen molar-refractivity contribution in [2.75, 3.05) is 10.6 Å². The van der Waals surface area contributed by atoms with Crippen molar-refractivity contribution in [2.45, 2.75) is 60.5 Å². The van der Waals surface area contributed by atoms with E-state index in [-0.39, 0.29) is 54.2 Å². The number of nitrogens with two attached hydrogens (primary N) is 2. The predicted octanol–water partition coefficient (Wildman–Crippen LogP) is 2.35. The van der Waals surface area contributed by atoms with Gasteiger partial charge in [0.05, 0.1) is 16.8 Å². The second-order valence-electron chi connectivity index (χ2n) is 13.4. The molecule has 0 bridgehead atoms. The van der Waals surface area contributed by atoms with Crippen molar-refractivity contribution < 1.29 is 28.5 Å². The molecule has 20 nitrogen and oxygen atoms in total. The molecule has 0 atom stereocenters. The third-order valence-electron chi connectivity index (χ3n) is 9.68. The average molecular weight is 785 g/mol. The minimum absolute atomic E-state index is 0.0991. The third kappa shape index (κ3) is 6.44. The average Bonchev–Trinajstić information content (AvgIpc) is 3.94. The SMILES string of the molecule is CCn1nc(C)c2c1C(=O)Nc1nc3cc(C(N)=O)cc(OCc4ccncc4)c3n1C/C=C/Cn1c(nc3cc(C(N)=O)cnc31)NC(=O)c1n(CC)nc(C)[n+]1-2. The number of rotatable bonds is 7. The molecule has 1 aliphatic rings. The zero-order valence-corrected chi connectivity index (χ0v) is 31.9. The van der Waals surface area contributed by atoms with Gasteiger partial charge in [0, 0.05) is 55.8 Å². The van der Waals surface area contributed by atoms with Crippen molar-refractivity contribution in [3.63, 3.8) is 0 Å². The first-order chi connectivity index (χ1) is 28.0. The molecule has 0 saturated carbocycles. The van der Waals surface area contributed by atoms with E-state index in [1.165, 1.54) is 16.9 Å². The Morgan fingerprint density at radius 2 is 1.50 bits per heavy atom. The fourth-order valence-electron chi connectivity index (χ4n) is 7.02. The summed E-state index contributed by atoms with van der Waals surface area (Å²) >= 11 is 0. The van der Waals surface area contributed by atoms with Crippen LogP contribution in [0.2, 0.25) is 0 Å². The number of imidazole rings is 2. The molecular weight excluding hydrogens is 747 g/mol. The van der Waals surface area contributed by atoms with Crippen LogP contribution >= 0.6 is 0 Å². The Labute approximate surface area is 329 Å². The van der Waals surface area contributed by atoms with Crippen LogP contribution in [0.15, 0.2) is 61.1 Å². The Balaban J connectivity index is 1.36. The largest absolute Gasteiger partial charge is 0.487 e. The van der Waals surface area contributed by atoms with Crippen LogP contribution in [0.3, 0.4) is 0 Å². The van der Waals surface area contributed by atoms with Crippen LogP contribution < -0.4 is 31.4 Å². The second kappa shape index (κ2) is 14.7. The Hall–Kier alpha value is -7.77. The van der Waals surface area contributed by atoms with E-state index in [1.54, 1.807) is 56.8 Å². The molecule has 6 aromatic heterocycles. The fourth-order valence-corrected chi connectivity index (χ4v) is 7.02. The lowest BCUT2D eigenvalue weighted by Crippen LogP contribution is -2.44. The highest BCUT2D eigenvalue weighted by atomic mass is 16.5. The zero-order valence-electron chi connectivity index (χ0n) is 31.9. The maximum absolute atomic E-state index is 14.7. The van der Waals surface area contributed by atoms with Crippen LogP contribution in [0.1, 0.15) is 72.8 Å². The maximum atomic E-state index is 14.7. The van der Waals surface area contributed by atoms with E-state index < -0.39 is 23.6 Å². The summed E-state index contributed by atoms with van der Waals surface area (Å²) in [6.07, 6.45) is 8.31. The topological polar surface area (TPSA) is 255 Å². The number of aromatic nitrogens is 11. The normalized spacial score (nSPS) is 13.7. The molecular formula is C38H38N15O5+. The van der Waals surface area contributed by atoms with Crippen molar-refractivity contribution >= 4 is 57.7 Å². The minimum Gasteiger partial charge on any atom is -0.487 e. The van der Waals surface area contributed by atoms with Crippen molar-refractivity contribution in [1.82, 2.24) is 48.6 Å². The number of pyridine rings is 2. The summed E-state index contributed by atoms with van der Waals surface area (Å²) in [6, 6.07) is 8.21. The predicted molar refractivity (Wildman–Crippen MR) is 208 cm³/mol. The Kier molecular flexibility index (Phi) is 9.43. The molecule has 0 saturated heterocycles. The van der Waals surface area contributed by atoms with Crippen molar-refractivity contribution in [1.29, 1.82) is 0 Å². The number of benzene rings is 1. The number of fused-ring (bicyclic) bond motifs is 9. The van der Waals surface area contributed by atoms with Gasteiger partial charge in [-0.1, -0.05) is 12.2 Å². The lowest BCUT2D eigenvalue weighted by molar-refractivity contribution is -0.606. The standard InChI is InChI=1S/C38H37N15O5/c1-5-51-30-28(20(3)47-51)53-21(4)48-52(6-2)36(53)35(57)46-38-44-26-16-24(32(40)55)18-42-33(26)50(38)14-8-7-13-49-29-25(43-37(49)45-34(30)56)15-23(31(39)54)17-27(29)58-19-22-9-11-41-12-10-22/h7-12,15-18H,5-6,13-14,19H2,1-4H3,(H5-,39,40,43,44,45,46,54,55,56,57)/p+1/b8-7+. The smallest absolute Gasteiger partial charge is 0.331 e. The molecule has 1 aliphatic heterocycles. The number of ether oxygens (including phenoxy) is 1. The van der Waals surface area contributed by atoms with Gasteiger partial charge in [-0.2, -0.15) is 9.67 Å². The number of hydrogen-bond acceptors (Lipinski definition) is 11. The number of hydrogen-bond donors (Lipinski definition) is 4. The highest BCUT2D eigenvalue weighted by Gasteiger charge is 2.37. The van der Waals surface area contributed by atoms with E-state index in [0.29, 0.717) is 58.2 Å². The molecule has 8 rings (SSSR count). The molecule has 6 N–H and O–H groups in total. The van der Waals surface area contributed by atoms with Gasteiger partial charge in [-0.05, 0) is 56.7 Å². The number of nitrogens with one attached hydrogen (secondary N) is 2. The Morgan fingerprint density at radius 3 is 2.21 bits per heavy atom. The molecule has 294 valence electrons. The van der Waals surface area contributed by atoms with E-state index in [9.17, 15) is 19.2 Å². The number of carbonyl (C=O) groups excluding carboxylic acids is 4. The Morgan fingerprint density at radius 1 is 0.845 bits per heavy atom. The molecule has 0 aliphatic carbocycles. The van der Waals surface area contributed by atoms with Gasteiger partial charge in [0.2, 0.25) is 23.7 Å². The number of aryl methyl sites for hydroxylation is 4. The van der Waals surface area contributed by atoms with E-state index in [0.717, 1.165) is 5.56 Å². The van der Waals surface area contributed by atoms with Gasteiger partial charge >= 0.3 is 11.7 Å². The van der Waals surface area contributed by atoms with Gasteiger partial charge in [-0.25, -0.2) is 15.0 Å². The summed E-state index contributed by atoms with van der Waals surface area (Å²) in [5, 5.41) is 15.3. The van der Waals surface area contributed by atoms with Crippen molar-refractivity contribution in [3.8, 4) is 11.4 Å². The Bertz CT molecular complexity index is 2850. The van der Waals surface area contributed by atoms with Gasteiger partial charge in [-0.3, -0.25) is 44.0 Å². The maximum Gasteiger partial charge on any atom is 0.331 e. The van der Waals surface area contributed by atoms with Crippen LogP contribution in [0.25, 0.3) is 27.9 Å². The van der Waals surface area contributed by atoms with Gasteiger partial charge in [0.15, 0.2) is 17.0 Å². The van der Waals surface area contributed by atoms with Gasteiger partial charge in [0.1, 0.15) is 29.9 Å². The molecule has 0 unspecified atom stereocenters. The van der Waals surface area contributed by atoms with E-state index in [1.807, 2.05) is 38.1 Å². The van der Waals surface area contributed by atoms with E-state index >= 15 is 0 Å². The summed E-state index contributed by atoms with van der Waals surface area (Å²) < 4.78 is 14.4. The first-order valence-electron chi connectivity index (χ1n) is 18.3. The van der Waals surface area contributed by atoms with Crippen LogP contribution in [0, 0.1) is 13.8 Å².